The van der Waals surface area contributed by atoms with Gasteiger partial charge in [-0.15, -0.1) is 0 Å². The van der Waals surface area contributed by atoms with Gasteiger partial charge < -0.3 is 20.0 Å². The number of rotatable bonds is 8. The molecule has 136 valence electrons. The fourth-order valence-electron chi connectivity index (χ4n) is 2.23. The number of oxazole rings is 1. The molecule has 0 radical (unpaired) electrons. The number of benzene rings is 1. The van der Waals surface area contributed by atoms with Crippen LogP contribution in [0.1, 0.15) is 25.1 Å². The molecule has 2 rings (SSSR count). The van der Waals surface area contributed by atoms with Crippen molar-refractivity contribution in [2.24, 2.45) is 4.99 Å². The topological polar surface area (TPSA) is 65.7 Å². The van der Waals surface area contributed by atoms with E-state index in [1.807, 2.05) is 12.1 Å². The SMILES string of the molecule is CCNC(=NCc1coc(-c2ccc(C)cc2)n1)NCCN(C)CC. The lowest BCUT2D eigenvalue weighted by atomic mass is 10.1. The second-order valence-corrected chi connectivity index (χ2v) is 6.03. The fourth-order valence-corrected chi connectivity index (χ4v) is 2.23. The van der Waals surface area contributed by atoms with Crippen LogP contribution < -0.4 is 10.6 Å². The Morgan fingerprint density at radius 3 is 2.64 bits per heavy atom. The minimum absolute atomic E-state index is 0.480. The molecule has 0 fully saturated rings. The van der Waals surface area contributed by atoms with E-state index >= 15 is 0 Å². The number of nitrogens with one attached hydrogen (secondary N) is 2. The second kappa shape index (κ2) is 9.84. The molecule has 0 unspecified atom stereocenters. The molecule has 2 N–H and O–H groups in total. The van der Waals surface area contributed by atoms with Crippen LogP contribution >= 0.6 is 0 Å². The highest BCUT2D eigenvalue weighted by atomic mass is 16.3. The molecule has 0 saturated heterocycles. The first-order chi connectivity index (χ1) is 12.1. The summed E-state index contributed by atoms with van der Waals surface area (Å²) in [5.41, 5.74) is 3.02. The van der Waals surface area contributed by atoms with E-state index in [9.17, 15) is 0 Å². The van der Waals surface area contributed by atoms with Crippen molar-refractivity contribution in [3.05, 3.63) is 41.8 Å². The molecule has 1 aromatic heterocycles. The molecule has 6 heteroatoms. The summed E-state index contributed by atoms with van der Waals surface area (Å²) in [6, 6.07) is 8.14. The van der Waals surface area contributed by atoms with Gasteiger partial charge in [0, 0.05) is 25.2 Å². The van der Waals surface area contributed by atoms with Gasteiger partial charge in [0.2, 0.25) is 5.89 Å². The van der Waals surface area contributed by atoms with Gasteiger partial charge in [0.25, 0.3) is 0 Å². The zero-order valence-electron chi connectivity index (χ0n) is 15.7. The van der Waals surface area contributed by atoms with E-state index in [-0.39, 0.29) is 0 Å². The van der Waals surface area contributed by atoms with Gasteiger partial charge in [0.05, 0.1) is 6.54 Å². The van der Waals surface area contributed by atoms with Crippen molar-refractivity contribution in [1.82, 2.24) is 20.5 Å². The molecule has 0 aliphatic carbocycles. The van der Waals surface area contributed by atoms with Crippen LogP contribution in [-0.2, 0) is 6.54 Å². The average molecular weight is 343 g/mol. The first-order valence-corrected chi connectivity index (χ1v) is 8.84. The monoisotopic (exact) mass is 343 g/mol. The minimum atomic E-state index is 0.480. The minimum Gasteiger partial charge on any atom is -0.444 e. The first-order valence-electron chi connectivity index (χ1n) is 8.84. The highest BCUT2D eigenvalue weighted by molar-refractivity contribution is 5.79. The molecule has 0 spiro atoms. The summed E-state index contributed by atoms with van der Waals surface area (Å²) in [5.74, 6) is 1.43. The normalized spacial score (nSPS) is 11.8. The van der Waals surface area contributed by atoms with Crippen LogP contribution in [0.15, 0.2) is 39.9 Å². The Labute approximate surface area is 150 Å². The third-order valence-corrected chi connectivity index (χ3v) is 3.92. The highest BCUT2D eigenvalue weighted by Gasteiger charge is 2.07. The fraction of sp³-hybridized carbons (Fsp3) is 0.474. The second-order valence-electron chi connectivity index (χ2n) is 6.03. The maximum Gasteiger partial charge on any atom is 0.226 e. The number of aryl methyl sites for hydroxylation is 1. The summed E-state index contributed by atoms with van der Waals surface area (Å²) in [4.78, 5) is 11.4. The lowest BCUT2D eigenvalue weighted by Gasteiger charge is -2.16. The van der Waals surface area contributed by atoms with Crippen LogP contribution in [-0.4, -0.2) is 49.1 Å². The van der Waals surface area contributed by atoms with Gasteiger partial charge in [0.1, 0.15) is 12.0 Å². The summed E-state index contributed by atoms with van der Waals surface area (Å²) < 4.78 is 5.58. The van der Waals surface area contributed by atoms with Gasteiger partial charge in [-0.2, -0.15) is 0 Å². The molecular weight excluding hydrogens is 314 g/mol. The van der Waals surface area contributed by atoms with Crippen LogP contribution in [0.2, 0.25) is 0 Å². The summed E-state index contributed by atoms with van der Waals surface area (Å²) in [6.07, 6.45) is 1.67. The zero-order valence-corrected chi connectivity index (χ0v) is 15.7. The number of guanidine groups is 1. The van der Waals surface area contributed by atoms with Crippen molar-refractivity contribution < 1.29 is 4.42 Å². The predicted molar refractivity (Wildman–Crippen MR) is 103 cm³/mol. The molecule has 1 aromatic carbocycles. The smallest absolute Gasteiger partial charge is 0.226 e. The van der Waals surface area contributed by atoms with Gasteiger partial charge >= 0.3 is 0 Å². The molecule has 0 saturated carbocycles. The van der Waals surface area contributed by atoms with Crippen LogP contribution in [0, 0.1) is 6.92 Å². The number of hydrogen-bond acceptors (Lipinski definition) is 4. The molecule has 0 atom stereocenters. The van der Waals surface area contributed by atoms with Gasteiger partial charge in [-0.3, -0.25) is 0 Å². The van der Waals surface area contributed by atoms with Crippen LogP contribution in [0.4, 0.5) is 0 Å². The van der Waals surface area contributed by atoms with E-state index in [1.54, 1.807) is 6.26 Å². The molecule has 0 aliphatic heterocycles. The molecule has 0 amide bonds. The summed E-state index contributed by atoms with van der Waals surface area (Å²) in [5, 5.41) is 6.59. The molecule has 1 heterocycles. The van der Waals surface area contributed by atoms with Crippen molar-refractivity contribution in [2.45, 2.75) is 27.3 Å². The molecule has 2 aromatic rings. The zero-order chi connectivity index (χ0) is 18.1. The van der Waals surface area contributed by atoms with E-state index in [2.05, 4.69) is 65.5 Å². The molecule has 0 bridgehead atoms. The Morgan fingerprint density at radius 2 is 1.96 bits per heavy atom. The molecule has 25 heavy (non-hydrogen) atoms. The molecule has 6 nitrogen and oxygen atoms in total. The van der Waals surface area contributed by atoms with Crippen molar-refractivity contribution in [2.75, 3.05) is 33.2 Å². The summed E-state index contributed by atoms with van der Waals surface area (Å²) in [7, 11) is 2.10. The van der Waals surface area contributed by atoms with Crippen molar-refractivity contribution in [3.63, 3.8) is 0 Å². The Bertz CT molecular complexity index is 663. The number of aromatic nitrogens is 1. The predicted octanol–water partition coefficient (Wildman–Crippen LogP) is 2.66. The molecule has 0 aliphatic rings. The van der Waals surface area contributed by atoms with Gasteiger partial charge in [-0.05, 0) is 39.6 Å². The largest absolute Gasteiger partial charge is 0.444 e. The summed E-state index contributed by atoms with van der Waals surface area (Å²) >= 11 is 0. The van der Waals surface area contributed by atoms with Gasteiger partial charge in [-0.1, -0.05) is 24.6 Å². The highest BCUT2D eigenvalue weighted by Crippen LogP contribution is 2.19. The average Bonchev–Trinajstić information content (AvgIpc) is 3.09. The maximum absolute atomic E-state index is 5.58. The van der Waals surface area contributed by atoms with E-state index in [0.29, 0.717) is 12.4 Å². The van der Waals surface area contributed by atoms with Crippen LogP contribution in [0.25, 0.3) is 11.5 Å². The third kappa shape index (κ3) is 6.23. The standard InChI is InChI=1S/C19H29N5O/c1-5-20-19(21-11-12-24(4)6-2)22-13-17-14-25-18(23-17)16-9-7-15(3)8-10-16/h7-10,14H,5-6,11-13H2,1-4H3,(H2,20,21,22). The van der Waals surface area contributed by atoms with Gasteiger partial charge in [0.15, 0.2) is 5.96 Å². The number of likely N-dealkylation sites (N-methyl/N-ethyl adjacent to an activating group) is 1. The van der Waals surface area contributed by atoms with E-state index in [0.717, 1.165) is 43.4 Å². The quantitative estimate of drug-likeness (QED) is 0.570. The Balaban J connectivity index is 1.94. The van der Waals surface area contributed by atoms with Crippen LogP contribution in [0.5, 0.6) is 0 Å². The van der Waals surface area contributed by atoms with Crippen molar-refractivity contribution in [3.8, 4) is 11.5 Å². The Morgan fingerprint density at radius 1 is 1.20 bits per heavy atom. The van der Waals surface area contributed by atoms with E-state index in [1.165, 1.54) is 5.56 Å². The molecular formula is C19H29N5O. The number of nitrogens with zero attached hydrogens (tertiary/aromatic N) is 3. The lowest BCUT2D eigenvalue weighted by molar-refractivity contribution is 0.357. The lowest BCUT2D eigenvalue weighted by Crippen LogP contribution is -2.40. The Hall–Kier alpha value is -2.34. The first kappa shape index (κ1) is 19.0. The van der Waals surface area contributed by atoms with Crippen molar-refractivity contribution >= 4 is 5.96 Å². The van der Waals surface area contributed by atoms with E-state index in [4.69, 9.17) is 4.42 Å². The van der Waals surface area contributed by atoms with E-state index < -0.39 is 0 Å². The number of aliphatic imine (C=N–C) groups is 1. The Kier molecular flexibility index (Phi) is 7.47. The van der Waals surface area contributed by atoms with Crippen LogP contribution in [0.3, 0.4) is 0 Å². The third-order valence-electron chi connectivity index (χ3n) is 3.92. The van der Waals surface area contributed by atoms with Gasteiger partial charge in [-0.25, -0.2) is 9.98 Å². The summed E-state index contributed by atoms with van der Waals surface area (Å²) in [6.45, 7) is 10.4. The maximum atomic E-state index is 5.58. The number of hydrogen-bond donors (Lipinski definition) is 2. The van der Waals surface area contributed by atoms with Crippen molar-refractivity contribution in [1.29, 1.82) is 0 Å².